The van der Waals surface area contributed by atoms with Crippen LogP contribution in [0.4, 0.5) is 0 Å². The molecule has 7 heteroatoms. The van der Waals surface area contributed by atoms with Gasteiger partial charge in [0.05, 0.1) is 5.41 Å². The Labute approximate surface area is 162 Å². The van der Waals surface area contributed by atoms with Crippen LogP contribution in [0.25, 0.3) is 0 Å². The molecule has 3 rings (SSSR count). The van der Waals surface area contributed by atoms with Gasteiger partial charge in [-0.05, 0) is 35.7 Å². The number of primary amides is 1. The van der Waals surface area contributed by atoms with Crippen molar-refractivity contribution in [1.82, 2.24) is 4.90 Å². The molecule has 0 spiro atoms. The Morgan fingerprint density at radius 2 is 1.73 bits per heavy atom. The Bertz CT molecular complexity index is 760. The molecule has 1 heterocycles. The first-order chi connectivity index (χ1) is 12.4. The fourth-order valence-electron chi connectivity index (χ4n) is 3.14. The molecule has 0 atom stereocenters. The van der Waals surface area contributed by atoms with Crippen LogP contribution in [0.1, 0.15) is 11.1 Å². The maximum atomic E-state index is 12.0. The highest BCUT2D eigenvalue weighted by Crippen LogP contribution is 2.36. The molecule has 26 heavy (non-hydrogen) atoms. The molecule has 1 aliphatic rings. The van der Waals surface area contributed by atoms with E-state index in [2.05, 4.69) is 4.90 Å². The lowest BCUT2D eigenvalue weighted by molar-refractivity contribution is -0.138. The number of nitrogens with zero attached hydrogens (tertiary/aromatic N) is 1. The maximum Gasteiger partial charge on any atom is 0.290 e. The molecule has 5 nitrogen and oxygen atoms in total. The maximum absolute atomic E-state index is 12.0. The molecule has 2 aromatic carbocycles. The fraction of sp³-hybridized carbons (Fsp3) is 0.263. The smallest absolute Gasteiger partial charge is 0.290 e. The van der Waals surface area contributed by atoms with Crippen molar-refractivity contribution < 1.29 is 14.7 Å². The predicted octanol–water partition coefficient (Wildman–Crippen LogP) is 3.22. The Hall–Kier alpha value is -2.08. The van der Waals surface area contributed by atoms with Crippen molar-refractivity contribution in [3.63, 3.8) is 0 Å². The quantitative estimate of drug-likeness (QED) is 0.762. The van der Waals surface area contributed by atoms with Gasteiger partial charge in [-0.1, -0.05) is 53.5 Å². The molecular formula is C19H20Cl2N2O3. The monoisotopic (exact) mass is 394 g/mol. The molecule has 1 aliphatic heterocycles. The summed E-state index contributed by atoms with van der Waals surface area (Å²) in [5.41, 5.74) is 7.32. The number of amides is 1. The van der Waals surface area contributed by atoms with Gasteiger partial charge in [0.1, 0.15) is 0 Å². The molecule has 1 fully saturated rings. The zero-order valence-electron chi connectivity index (χ0n) is 14.1. The molecule has 0 bridgehead atoms. The summed E-state index contributed by atoms with van der Waals surface area (Å²) in [6.07, 6.45) is 0.637. The molecule has 1 saturated heterocycles. The van der Waals surface area contributed by atoms with Crippen LogP contribution in [-0.2, 0) is 22.6 Å². The third-order valence-electron chi connectivity index (χ3n) is 4.38. The van der Waals surface area contributed by atoms with Gasteiger partial charge in [0.2, 0.25) is 5.91 Å². The number of carboxylic acid groups (broad SMARTS) is 1. The van der Waals surface area contributed by atoms with Crippen LogP contribution in [0, 0.1) is 5.41 Å². The third-order valence-corrected chi connectivity index (χ3v) is 5.00. The van der Waals surface area contributed by atoms with Gasteiger partial charge in [-0.15, -0.1) is 0 Å². The Balaban J connectivity index is 0.000000758. The van der Waals surface area contributed by atoms with Gasteiger partial charge in [-0.2, -0.15) is 0 Å². The normalized spacial score (nSPS) is 15.3. The van der Waals surface area contributed by atoms with Gasteiger partial charge in [0, 0.05) is 29.7 Å². The molecule has 138 valence electrons. The van der Waals surface area contributed by atoms with Crippen molar-refractivity contribution >= 4 is 35.6 Å². The largest absolute Gasteiger partial charge is 0.483 e. The van der Waals surface area contributed by atoms with Crippen LogP contribution in [-0.4, -0.2) is 35.5 Å². The van der Waals surface area contributed by atoms with Crippen LogP contribution >= 0.6 is 23.2 Å². The topological polar surface area (TPSA) is 83.6 Å². The number of nitrogens with two attached hydrogens (primary N) is 1. The van der Waals surface area contributed by atoms with Crippen molar-refractivity contribution in [3.8, 4) is 0 Å². The van der Waals surface area contributed by atoms with Gasteiger partial charge in [-0.3, -0.25) is 14.5 Å². The SMILES string of the molecule is NC(=O)C1(Cc2ccc(Cl)cc2)CN(Cc2ccccc2Cl)C1.O=CO. The second-order valence-corrected chi connectivity index (χ2v) is 7.13. The molecule has 0 aromatic heterocycles. The average Bonchev–Trinajstić information content (AvgIpc) is 2.57. The Kier molecular flexibility index (Phi) is 7.03. The summed E-state index contributed by atoms with van der Waals surface area (Å²) in [5, 5.41) is 8.33. The Morgan fingerprint density at radius 3 is 2.27 bits per heavy atom. The van der Waals surface area contributed by atoms with E-state index in [1.54, 1.807) is 0 Å². The van der Waals surface area contributed by atoms with Gasteiger partial charge in [0.15, 0.2) is 0 Å². The number of carbonyl (C=O) groups is 2. The first-order valence-electron chi connectivity index (χ1n) is 7.98. The van der Waals surface area contributed by atoms with E-state index in [0.717, 1.165) is 22.7 Å². The number of hydrogen-bond donors (Lipinski definition) is 2. The van der Waals surface area contributed by atoms with E-state index in [1.165, 1.54) is 0 Å². The average molecular weight is 395 g/mol. The highest BCUT2D eigenvalue weighted by atomic mass is 35.5. The van der Waals surface area contributed by atoms with Crippen LogP contribution in [0.5, 0.6) is 0 Å². The lowest BCUT2D eigenvalue weighted by atomic mass is 9.74. The van der Waals surface area contributed by atoms with Crippen LogP contribution in [0.3, 0.4) is 0 Å². The molecule has 0 aliphatic carbocycles. The molecule has 1 amide bonds. The van der Waals surface area contributed by atoms with Crippen molar-refractivity contribution in [3.05, 3.63) is 69.7 Å². The molecular weight excluding hydrogens is 375 g/mol. The highest BCUT2D eigenvalue weighted by molar-refractivity contribution is 6.31. The third kappa shape index (κ3) is 4.97. The van der Waals surface area contributed by atoms with Crippen molar-refractivity contribution in [1.29, 1.82) is 0 Å². The number of halogens is 2. The van der Waals surface area contributed by atoms with Crippen LogP contribution in [0.2, 0.25) is 10.0 Å². The van der Waals surface area contributed by atoms with E-state index in [4.69, 9.17) is 38.8 Å². The number of benzene rings is 2. The molecule has 0 radical (unpaired) electrons. The Morgan fingerprint density at radius 1 is 1.15 bits per heavy atom. The van der Waals surface area contributed by atoms with Gasteiger partial charge in [0.25, 0.3) is 6.47 Å². The second-order valence-electron chi connectivity index (χ2n) is 6.29. The zero-order valence-corrected chi connectivity index (χ0v) is 15.6. The van der Waals surface area contributed by atoms with E-state index in [0.29, 0.717) is 24.5 Å². The molecule has 0 unspecified atom stereocenters. The minimum absolute atomic E-state index is 0.247. The zero-order chi connectivity index (χ0) is 19.2. The summed E-state index contributed by atoms with van der Waals surface area (Å²) >= 11 is 12.1. The van der Waals surface area contributed by atoms with Crippen molar-refractivity contribution in [2.24, 2.45) is 11.1 Å². The number of likely N-dealkylation sites (tertiary alicyclic amines) is 1. The van der Waals surface area contributed by atoms with Crippen molar-refractivity contribution in [2.45, 2.75) is 13.0 Å². The summed E-state index contributed by atoms with van der Waals surface area (Å²) in [5.74, 6) is -0.247. The van der Waals surface area contributed by atoms with Crippen molar-refractivity contribution in [2.75, 3.05) is 13.1 Å². The lowest BCUT2D eigenvalue weighted by Crippen LogP contribution is -2.62. The minimum atomic E-state index is -0.505. The summed E-state index contributed by atoms with van der Waals surface area (Å²) in [7, 11) is 0. The standard InChI is InChI=1S/C18H18Cl2N2O.CH2O2/c19-15-7-5-13(6-8-15)9-18(17(21)23)11-22(12-18)10-14-3-1-2-4-16(14)20;2-1-3/h1-8H,9-12H2,(H2,21,23);1H,(H,2,3). The predicted molar refractivity (Wildman–Crippen MR) is 102 cm³/mol. The van der Waals surface area contributed by atoms with Crippen LogP contribution in [0.15, 0.2) is 48.5 Å². The summed E-state index contributed by atoms with van der Waals surface area (Å²) in [6.45, 7) is 1.78. The molecule has 2 aromatic rings. The fourth-order valence-corrected chi connectivity index (χ4v) is 3.46. The summed E-state index contributed by atoms with van der Waals surface area (Å²) in [6, 6.07) is 15.3. The van der Waals surface area contributed by atoms with E-state index >= 15 is 0 Å². The first-order valence-corrected chi connectivity index (χ1v) is 8.74. The minimum Gasteiger partial charge on any atom is -0.483 e. The lowest BCUT2D eigenvalue weighted by Gasteiger charge is -2.48. The number of rotatable bonds is 5. The number of hydrogen-bond acceptors (Lipinski definition) is 3. The van der Waals surface area contributed by atoms with E-state index in [-0.39, 0.29) is 12.4 Å². The summed E-state index contributed by atoms with van der Waals surface area (Å²) < 4.78 is 0. The molecule has 0 saturated carbocycles. The molecule has 3 N–H and O–H groups in total. The van der Waals surface area contributed by atoms with Gasteiger partial charge in [-0.25, -0.2) is 0 Å². The van der Waals surface area contributed by atoms with E-state index < -0.39 is 5.41 Å². The van der Waals surface area contributed by atoms with Gasteiger partial charge >= 0.3 is 0 Å². The highest BCUT2D eigenvalue weighted by Gasteiger charge is 2.47. The summed E-state index contributed by atoms with van der Waals surface area (Å²) in [4.78, 5) is 22.5. The van der Waals surface area contributed by atoms with Gasteiger partial charge < -0.3 is 10.8 Å². The van der Waals surface area contributed by atoms with Crippen LogP contribution < -0.4 is 5.73 Å². The number of carbonyl (C=O) groups excluding carboxylic acids is 1. The van der Waals surface area contributed by atoms with E-state index in [9.17, 15) is 4.79 Å². The second kappa shape index (κ2) is 9.03. The van der Waals surface area contributed by atoms with E-state index in [1.807, 2.05) is 48.5 Å². The first kappa shape index (κ1) is 20.2.